The zero-order valence-electron chi connectivity index (χ0n) is 13.8. The van der Waals surface area contributed by atoms with E-state index in [9.17, 15) is 0 Å². The number of fused-ring (bicyclic) bond motifs is 1. The molecule has 0 bridgehead atoms. The van der Waals surface area contributed by atoms with Crippen LogP contribution in [0.1, 0.15) is 65.7 Å². The average Bonchev–Trinajstić information content (AvgIpc) is 2.36. The number of hydrogen-bond acceptors (Lipinski definition) is 0. The van der Waals surface area contributed by atoms with E-state index in [1.165, 1.54) is 49.7 Å². The second-order valence-electron chi connectivity index (χ2n) is 8.05. The Kier molecular flexibility index (Phi) is 4.33. The summed E-state index contributed by atoms with van der Waals surface area (Å²) in [5, 5.41) is 0. The van der Waals surface area contributed by atoms with Crippen molar-refractivity contribution in [3.05, 3.63) is 37.0 Å². The van der Waals surface area contributed by atoms with Gasteiger partial charge in [0.1, 0.15) is 0 Å². The molecular weight excluding hydrogens is 240 g/mol. The van der Waals surface area contributed by atoms with Crippen LogP contribution in [-0.2, 0) is 0 Å². The second kappa shape index (κ2) is 5.54. The van der Waals surface area contributed by atoms with Gasteiger partial charge in [0.05, 0.1) is 0 Å². The predicted octanol–water partition coefficient (Wildman–Crippen LogP) is 6.31. The SMILES string of the molecule is C=CC(=C)CC[C@H]1C(=C)CCC2C(C)(C)CCC[C@@]21C. The van der Waals surface area contributed by atoms with Gasteiger partial charge in [-0.05, 0) is 61.2 Å². The van der Waals surface area contributed by atoms with E-state index >= 15 is 0 Å². The van der Waals surface area contributed by atoms with Crippen molar-refractivity contribution in [2.75, 3.05) is 0 Å². The van der Waals surface area contributed by atoms with Gasteiger partial charge in [-0.2, -0.15) is 0 Å². The van der Waals surface area contributed by atoms with E-state index in [1.54, 1.807) is 0 Å². The summed E-state index contributed by atoms with van der Waals surface area (Å²) in [7, 11) is 0. The van der Waals surface area contributed by atoms with Crippen LogP contribution in [0, 0.1) is 22.7 Å². The third-order valence-corrected chi connectivity index (χ3v) is 6.36. The minimum atomic E-state index is 0.457. The van der Waals surface area contributed by atoms with Crippen molar-refractivity contribution in [2.45, 2.75) is 65.7 Å². The second-order valence-corrected chi connectivity index (χ2v) is 8.05. The molecule has 0 nitrogen and oxygen atoms in total. The molecule has 0 saturated heterocycles. The van der Waals surface area contributed by atoms with Gasteiger partial charge in [-0.15, -0.1) is 0 Å². The quantitative estimate of drug-likeness (QED) is 0.415. The lowest BCUT2D eigenvalue weighted by Crippen LogP contribution is -2.49. The molecule has 0 aliphatic heterocycles. The van der Waals surface area contributed by atoms with Crippen LogP contribution in [-0.4, -0.2) is 0 Å². The first-order chi connectivity index (χ1) is 9.31. The summed E-state index contributed by atoms with van der Waals surface area (Å²) in [4.78, 5) is 0. The highest BCUT2D eigenvalue weighted by Gasteiger charge is 2.52. The monoisotopic (exact) mass is 272 g/mol. The van der Waals surface area contributed by atoms with Crippen molar-refractivity contribution in [2.24, 2.45) is 22.7 Å². The van der Waals surface area contributed by atoms with E-state index in [2.05, 4.69) is 40.5 Å². The lowest BCUT2D eigenvalue weighted by molar-refractivity contribution is -0.0538. The molecule has 2 fully saturated rings. The molecule has 1 unspecified atom stereocenters. The van der Waals surface area contributed by atoms with E-state index < -0.39 is 0 Å². The Morgan fingerprint density at radius 3 is 2.65 bits per heavy atom. The summed E-state index contributed by atoms with van der Waals surface area (Å²) in [5.74, 6) is 1.54. The fourth-order valence-electron chi connectivity index (χ4n) is 5.24. The van der Waals surface area contributed by atoms with Crippen LogP contribution in [0.3, 0.4) is 0 Å². The van der Waals surface area contributed by atoms with Crippen LogP contribution < -0.4 is 0 Å². The highest BCUT2D eigenvalue weighted by Crippen LogP contribution is 2.61. The van der Waals surface area contributed by atoms with Crippen LogP contribution in [0.5, 0.6) is 0 Å². The molecule has 112 valence electrons. The number of allylic oxidation sites excluding steroid dienone is 3. The first-order valence-corrected chi connectivity index (χ1v) is 8.29. The molecule has 20 heavy (non-hydrogen) atoms. The summed E-state index contributed by atoms with van der Waals surface area (Å²) >= 11 is 0. The fraction of sp³-hybridized carbons (Fsp3) is 0.700. The van der Waals surface area contributed by atoms with Gasteiger partial charge in [0.2, 0.25) is 0 Å². The molecule has 0 amide bonds. The molecule has 3 atom stereocenters. The van der Waals surface area contributed by atoms with E-state index in [1.807, 2.05) is 6.08 Å². The Hall–Kier alpha value is -0.780. The summed E-state index contributed by atoms with van der Waals surface area (Å²) < 4.78 is 0. The van der Waals surface area contributed by atoms with Crippen LogP contribution >= 0.6 is 0 Å². The Labute approximate surface area is 126 Å². The third-order valence-electron chi connectivity index (χ3n) is 6.36. The first kappa shape index (κ1) is 15.6. The van der Waals surface area contributed by atoms with Crippen molar-refractivity contribution in [3.8, 4) is 0 Å². The van der Waals surface area contributed by atoms with Crippen LogP contribution in [0.4, 0.5) is 0 Å². The zero-order valence-corrected chi connectivity index (χ0v) is 13.8. The maximum absolute atomic E-state index is 4.43. The fourth-order valence-corrected chi connectivity index (χ4v) is 5.24. The standard InChI is InChI=1S/C20H32/c1-7-15(2)9-11-17-16(3)10-12-18-19(4,5)13-8-14-20(17,18)6/h7,17-18H,1-3,8-14H2,4-6H3/t17-,18?,20+/m0/s1. The number of rotatable bonds is 4. The predicted molar refractivity (Wildman–Crippen MR) is 89.7 cm³/mol. The lowest BCUT2D eigenvalue weighted by atomic mass is 9.47. The highest BCUT2D eigenvalue weighted by atomic mass is 14.6. The van der Waals surface area contributed by atoms with Crippen molar-refractivity contribution in [3.63, 3.8) is 0 Å². The molecule has 2 saturated carbocycles. The molecule has 0 aromatic carbocycles. The molecule has 0 N–H and O–H groups in total. The average molecular weight is 272 g/mol. The maximum atomic E-state index is 4.43. The smallest absolute Gasteiger partial charge is 0.0146 e. The van der Waals surface area contributed by atoms with Crippen molar-refractivity contribution >= 4 is 0 Å². The summed E-state index contributed by atoms with van der Waals surface area (Å²) in [6.45, 7) is 19.9. The van der Waals surface area contributed by atoms with Gasteiger partial charge in [0.25, 0.3) is 0 Å². The normalized spacial score (nSPS) is 36.2. The molecule has 0 radical (unpaired) electrons. The van der Waals surface area contributed by atoms with Gasteiger partial charge >= 0.3 is 0 Å². The number of hydrogen-bond donors (Lipinski definition) is 0. The largest absolute Gasteiger partial charge is 0.0996 e. The molecule has 2 aliphatic rings. The highest BCUT2D eigenvalue weighted by molar-refractivity contribution is 5.18. The maximum Gasteiger partial charge on any atom is -0.0146 e. The topological polar surface area (TPSA) is 0 Å². The van der Waals surface area contributed by atoms with Crippen molar-refractivity contribution in [1.29, 1.82) is 0 Å². The minimum Gasteiger partial charge on any atom is -0.0996 e. The van der Waals surface area contributed by atoms with E-state index in [0.29, 0.717) is 16.7 Å². The lowest BCUT2D eigenvalue weighted by Gasteiger charge is -2.58. The van der Waals surface area contributed by atoms with Gasteiger partial charge in [0, 0.05) is 0 Å². The Bertz CT molecular complexity index is 412. The van der Waals surface area contributed by atoms with Gasteiger partial charge in [-0.25, -0.2) is 0 Å². The Balaban J connectivity index is 2.22. The molecule has 0 heteroatoms. The third kappa shape index (κ3) is 2.67. The van der Waals surface area contributed by atoms with Crippen LogP contribution in [0.2, 0.25) is 0 Å². The van der Waals surface area contributed by atoms with Gasteiger partial charge < -0.3 is 0 Å². The molecule has 0 heterocycles. The van der Waals surface area contributed by atoms with Crippen LogP contribution in [0.15, 0.2) is 37.0 Å². The molecule has 2 rings (SSSR count). The summed E-state index contributed by atoms with van der Waals surface area (Å²) in [6.07, 6.45) is 10.9. The van der Waals surface area contributed by atoms with Gasteiger partial charge in [-0.1, -0.05) is 64.2 Å². The molecule has 0 aromatic heterocycles. The van der Waals surface area contributed by atoms with Crippen LogP contribution in [0.25, 0.3) is 0 Å². The van der Waals surface area contributed by atoms with E-state index in [4.69, 9.17) is 0 Å². The molecule has 0 aromatic rings. The summed E-state index contributed by atoms with van der Waals surface area (Å²) in [6, 6.07) is 0. The Morgan fingerprint density at radius 1 is 1.30 bits per heavy atom. The Morgan fingerprint density at radius 2 is 2.00 bits per heavy atom. The summed E-state index contributed by atoms with van der Waals surface area (Å²) in [5.41, 5.74) is 3.64. The van der Waals surface area contributed by atoms with E-state index in [-0.39, 0.29) is 0 Å². The molecule has 2 aliphatic carbocycles. The van der Waals surface area contributed by atoms with Gasteiger partial charge in [0.15, 0.2) is 0 Å². The minimum absolute atomic E-state index is 0.457. The zero-order chi connectivity index (χ0) is 15.0. The first-order valence-electron chi connectivity index (χ1n) is 8.29. The van der Waals surface area contributed by atoms with Crippen molar-refractivity contribution in [1.82, 2.24) is 0 Å². The van der Waals surface area contributed by atoms with Gasteiger partial charge in [-0.3, -0.25) is 0 Å². The van der Waals surface area contributed by atoms with E-state index in [0.717, 1.165) is 12.3 Å². The molecule has 0 spiro atoms. The van der Waals surface area contributed by atoms with Crippen molar-refractivity contribution < 1.29 is 0 Å². The molecular formula is C20H32.